The van der Waals surface area contributed by atoms with Gasteiger partial charge in [0.15, 0.2) is 0 Å². The first-order valence-corrected chi connectivity index (χ1v) is 7.59. The third-order valence-electron chi connectivity index (χ3n) is 3.47. The Bertz CT molecular complexity index is 585. The largest absolute Gasteiger partial charge is 0.355 e. The van der Waals surface area contributed by atoms with Gasteiger partial charge in [-0.05, 0) is 6.42 Å². The molecule has 24 heavy (non-hydrogen) atoms. The van der Waals surface area contributed by atoms with Gasteiger partial charge in [0.25, 0.3) is 0 Å². The Labute approximate surface area is 154 Å². The molecule has 136 valence electrons. The molecule has 2 heterocycles. The van der Waals surface area contributed by atoms with Gasteiger partial charge in [-0.2, -0.15) is 0 Å². The fourth-order valence-electron chi connectivity index (χ4n) is 2.33. The van der Waals surface area contributed by atoms with Crippen LogP contribution in [-0.4, -0.2) is 38.0 Å². The summed E-state index contributed by atoms with van der Waals surface area (Å²) >= 11 is 0. The van der Waals surface area contributed by atoms with Gasteiger partial charge in [0.1, 0.15) is 5.82 Å². The standard InChI is InChI=1S/C15H24N6O.2ClH/c1-11(2)14-18-5-7-21(14)6-3-4-19-15(22)13(16)8-12-9-17-10-20-12;;/h5,7,9-11,13H,3-4,6,8,16H2,1-2H3,(H,17,20)(H,19,22);2*1H/t13-;;/m0../s1. The lowest BCUT2D eigenvalue weighted by Crippen LogP contribution is -2.42. The number of aromatic nitrogens is 4. The molecule has 2 rings (SSSR count). The third kappa shape index (κ3) is 6.51. The van der Waals surface area contributed by atoms with Crippen LogP contribution in [0.15, 0.2) is 24.9 Å². The molecule has 2 aromatic rings. The number of halogens is 2. The number of H-pyrrole nitrogens is 1. The number of aromatic amines is 1. The van der Waals surface area contributed by atoms with Crippen molar-refractivity contribution in [3.8, 4) is 0 Å². The van der Waals surface area contributed by atoms with Gasteiger partial charge in [0.2, 0.25) is 5.91 Å². The van der Waals surface area contributed by atoms with E-state index in [9.17, 15) is 4.79 Å². The van der Waals surface area contributed by atoms with E-state index >= 15 is 0 Å². The molecule has 0 aliphatic carbocycles. The second-order valence-electron chi connectivity index (χ2n) is 5.67. The number of aryl methyl sites for hydroxylation is 1. The van der Waals surface area contributed by atoms with Gasteiger partial charge < -0.3 is 20.6 Å². The molecule has 1 atom stereocenters. The van der Waals surface area contributed by atoms with Gasteiger partial charge in [0.05, 0.1) is 12.4 Å². The fourth-order valence-corrected chi connectivity index (χ4v) is 2.33. The Kier molecular flexibility index (Phi) is 10.3. The second kappa shape index (κ2) is 11.1. The van der Waals surface area contributed by atoms with Crippen molar-refractivity contribution in [3.05, 3.63) is 36.4 Å². The average Bonchev–Trinajstić information content (AvgIpc) is 3.14. The molecule has 2 aromatic heterocycles. The Morgan fingerprint density at radius 3 is 2.79 bits per heavy atom. The maximum atomic E-state index is 11.9. The van der Waals surface area contributed by atoms with Crippen molar-refractivity contribution in [1.29, 1.82) is 0 Å². The lowest BCUT2D eigenvalue weighted by Gasteiger charge is -2.13. The molecular formula is C15H26Cl2N6O. The SMILES string of the molecule is CC(C)c1nccn1CCCNC(=O)[C@@H](N)Cc1cnc[nH]1.Cl.Cl. The van der Waals surface area contributed by atoms with E-state index in [1.54, 1.807) is 12.5 Å². The number of carbonyl (C=O) groups is 1. The zero-order valence-corrected chi connectivity index (χ0v) is 15.6. The van der Waals surface area contributed by atoms with Gasteiger partial charge in [-0.25, -0.2) is 9.97 Å². The van der Waals surface area contributed by atoms with Crippen LogP contribution in [0.3, 0.4) is 0 Å². The minimum Gasteiger partial charge on any atom is -0.355 e. The predicted octanol–water partition coefficient (Wildman–Crippen LogP) is 1.65. The molecule has 0 fully saturated rings. The summed E-state index contributed by atoms with van der Waals surface area (Å²) in [6.07, 6.45) is 8.36. The second-order valence-corrected chi connectivity index (χ2v) is 5.67. The number of carbonyl (C=O) groups excluding carboxylic acids is 1. The number of amides is 1. The van der Waals surface area contributed by atoms with Crippen LogP contribution in [0.2, 0.25) is 0 Å². The zero-order chi connectivity index (χ0) is 15.9. The third-order valence-corrected chi connectivity index (χ3v) is 3.47. The van der Waals surface area contributed by atoms with Crippen LogP contribution in [-0.2, 0) is 17.8 Å². The quantitative estimate of drug-likeness (QED) is 0.609. The molecule has 0 bridgehead atoms. The molecule has 0 spiro atoms. The summed E-state index contributed by atoms with van der Waals surface area (Å²) in [5, 5.41) is 2.87. The van der Waals surface area contributed by atoms with E-state index in [0.717, 1.165) is 24.5 Å². The minimum atomic E-state index is -0.556. The maximum Gasteiger partial charge on any atom is 0.237 e. The van der Waals surface area contributed by atoms with Gasteiger partial charge in [-0.15, -0.1) is 24.8 Å². The summed E-state index contributed by atoms with van der Waals surface area (Å²) in [6, 6.07) is -0.556. The van der Waals surface area contributed by atoms with E-state index in [2.05, 4.69) is 38.7 Å². The van der Waals surface area contributed by atoms with Crippen molar-refractivity contribution in [3.63, 3.8) is 0 Å². The van der Waals surface area contributed by atoms with Crippen LogP contribution in [0, 0.1) is 0 Å². The maximum absolute atomic E-state index is 11.9. The summed E-state index contributed by atoms with van der Waals surface area (Å²) in [4.78, 5) is 23.1. The highest BCUT2D eigenvalue weighted by atomic mass is 35.5. The van der Waals surface area contributed by atoms with E-state index in [-0.39, 0.29) is 30.7 Å². The first kappa shape index (κ1) is 22.4. The fraction of sp³-hybridized carbons (Fsp3) is 0.533. The monoisotopic (exact) mass is 376 g/mol. The summed E-state index contributed by atoms with van der Waals surface area (Å²) < 4.78 is 2.13. The molecule has 0 aromatic carbocycles. The molecule has 0 saturated heterocycles. The van der Waals surface area contributed by atoms with Gasteiger partial charge in [-0.1, -0.05) is 13.8 Å². The molecule has 0 unspecified atom stereocenters. The van der Waals surface area contributed by atoms with E-state index in [4.69, 9.17) is 5.73 Å². The lowest BCUT2D eigenvalue weighted by molar-refractivity contribution is -0.122. The van der Waals surface area contributed by atoms with E-state index < -0.39 is 6.04 Å². The average molecular weight is 377 g/mol. The number of nitrogens with two attached hydrogens (primary N) is 1. The van der Waals surface area contributed by atoms with Crippen molar-refractivity contribution >= 4 is 30.7 Å². The van der Waals surface area contributed by atoms with Crippen molar-refractivity contribution in [1.82, 2.24) is 24.8 Å². The van der Waals surface area contributed by atoms with Crippen molar-refractivity contribution in [2.75, 3.05) is 6.54 Å². The number of hydrogen-bond donors (Lipinski definition) is 3. The highest BCUT2D eigenvalue weighted by Gasteiger charge is 2.14. The Morgan fingerprint density at radius 1 is 1.42 bits per heavy atom. The Morgan fingerprint density at radius 2 is 2.17 bits per heavy atom. The Hall–Kier alpha value is -1.57. The number of rotatable bonds is 8. The number of nitrogens with zero attached hydrogens (tertiary/aromatic N) is 3. The van der Waals surface area contributed by atoms with Crippen LogP contribution >= 0.6 is 24.8 Å². The van der Waals surface area contributed by atoms with Crippen molar-refractivity contribution < 1.29 is 4.79 Å². The number of nitrogens with one attached hydrogen (secondary N) is 2. The van der Waals surface area contributed by atoms with E-state index in [0.29, 0.717) is 18.9 Å². The van der Waals surface area contributed by atoms with E-state index in [1.165, 1.54) is 0 Å². The predicted molar refractivity (Wildman–Crippen MR) is 98.7 cm³/mol. The Balaban J connectivity index is 0.00000264. The first-order chi connectivity index (χ1) is 10.6. The van der Waals surface area contributed by atoms with Crippen LogP contribution in [0.25, 0.3) is 0 Å². The summed E-state index contributed by atoms with van der Waals surface area (Å²) in [7, 11) is 0. The number of imidazole rings is 2. The molecule has 0 saturated carbocycles. The van der Waals surface area contributed by atoms with Gasteiger partial charge in [0, 0.05) is 49.7 Å². The highest BCUT2D eigenvalue weighted by molar-refractivity contribution is 5.85. The topological polar surface area (TPSA) is 102 Å². The van der Waals surface area contributed by atoms with Crippen molar-refractivity contribution in [2.45, 2.75) is 45.2 Å². The van der Waals surface area contributed by atoms with Gasteiger partial charge in [-0.3, -0.25) is 4.79 Å². The summed E-state index contributed by atoms with van der Waals surface area (Å²) in [5.74, 6) is 1.33. The molecule has 0 radical (unpaired) electrons. The van der Waals surface area contributed by atoms with Crippen LogP contribution in [0.1, 0.15) is 37.7 Å². The minimum absolute atomic E-state index is 0. The van der Waals surface area contributed by atoms with Crippen LogP contribution < -0.4 is 11.1 Å². The van der Waals surface area contributed by atoms with Crippen molar-refractivity contribution in [2.24, 2.45) is 5.73 Å². The molecule has 1 amide bonds. The normalized spacial score (nSPS) is 11.5. The molecule has 4 N–H and O–H groups in total. The summed E-state index contributed by atoms with van der Waals surface area (Å²) in [6.45, 7) is 5.68. The van der Waals surface area contributed by atoms with Crippen LogP contribution in [0.5, 0.6) is 0 Å². The first-order valence-electron chi connectivity index (χ1n) is 7.59. The van der Waals surface area contributed by atoms with E-state index in [1.807, 2.05) is 12.4 Å². The summed E-state index contributed by atoms with van der Waals surface area (Å²) in [5.41, 5.74) is 6.74. The molecule has 0 aliphatic rings. The highest BCUT2D eigenvalue weighted by Crippen LogP contribution is 2.11. The van der Waals surface area contributed by atoms with Crippen LogP contribution in [0.4, 0.5) is 0 Å². The smallest absolute Gasteiger partial charge is 0.237 e. The zero-order valence-electron chi connectivity index (χ0n) is 13.9. The molecule has 9 heteroatoms. The lowest BCUT2D eigenvalue weighted by atomic mass is 10.1. The van der Waals surface area contributed by atoms with Gasteiger partial charge >= 0.3 is 0 Å². The number of hydrogen-bond acceptors (Lipinski definition) is 4. The molecule has 7 nitrogen and oxygen atoms in total. The molecule has 0 aliphatic heterocycles. The molecular weight excluding hydrogens is 351 g/mol.